The molecule has 0 unspecified atom stereocenters. The Kier molecular flexibility index (Phi) is 4.11. The first-order valence-corrected chi connectivity index (χ1v) is 6.46. The second-order valence-electron chi connectivity index (χ2n) is 2.05. The average Bonchev–Trinajstić information content (AvgIpc) is 2.02. The van der Waals surface area contributed by atoms with E-state index in [9.17, 15) is 16.8 Å². The molecule has 74 valence electrons. The Bertz CT molecular complexity index is 283. The van der Waals surface area contributed by atoms with Gasteiger partial charge in [0, 0.05) is 0 Å². The van der Waals surface area contributed by atoms with Crippen LogP contribution in [0.25, 0.3) is 0 Å². The molecule has 0 aromatic heterocycles. The van der Waals surface area contributed by atoms with E-state index in [2.05, 4.69) is 0 Å². The molecular formula is C4H12N2O4S2. The van der Waals surface area contributed by atoms with E-state index in [-0.39, 0.29) is 0 Å². The maximum atomic E-state index is 10.8. The predicted octanol–water partition coefficient (Wildman–Crippen LogP) is -1.92. The van der Waals surface area contributed by atoms with Crippen LogP contribution < -0.4 is 9.44 Å². The monoisotopic (exact) mass is 216 g/mol. The van der Waals surface area contributed by atoms with Gasteiger partial charge in [-0.1, -0.05) is 0 Å². The van der Waals surface area contributed by atoms with Crippen molar-refractivity contribution in [3.05, 3.63) is 0 Å². The van der Waals surface area contributed by atoms with Crippen LogP contribution in [0.3, 0.4) is 0 Å². The molecule has 12 heavy (non-hydrogen) atoms. The van der Waals surface area contributed by atoms with Crippen LogP contribution in [0.4, 0.5) is 0 Å². The van der Waals surface area contributed by atoms with Gasteiger partial charge in [-0.2, -0.15) is 0 Å². The van der Waals surface area contributed by atoms with Crippen LogP contribution in [-0.2, 0) is 20.0 Å². The summed E-state index contributed by atoms with van der Waals surface area (Å²) in [4.78, 5) is 0. The molecule has 8 heteroatoms. The first-order valence-electron chi connectivity index (χ1n) is 3.15. The summed E-state index contributed by atoms with van der Waals surface area (Å²) in [7, 11) is -4.39. The van der Waals surface area contributed by atoms with E-state index in [1.54, 1.807) is 0 Å². The lowest BCUT2D eigenvalue weighted by Crippen LogP contribution is -2.31. The van der Waals surface area contributed by atoms with Crippen molar-refractivity contribution in [2.45, 2.75) is 0 Å². The SMILES string of the molecule is CNS(=O)(=O)CCS(=O)(=O)NC. The van der Waals surface area contributed by atoms with E-state index in [1.165, 1.54) is 14.1 Å². The van der Waals surface area contributed by atoms with Gasteiger partial charge in [0.15, 0.2) is 0 Å². The normalized spacial score (nSPS) is 13.2. The van der Waals surface area contributed by atoms with Gasteiger partial charge >= 0.3 is 0 Å². The smallest absolute Gasteiger partial charge is 0.212 e. The molecule has 0 atom stereocenters. The van der Waals surface area contributed by atoms with Crippen molar-refractivity contribution >= 4 is 20.0 Å². The fraction of sp³-hybridized carbons (Fsp3) is 1.00. The minimum atomic E-state index is -3.43. The van der Waals surface area contributed by atoms with Gasteiger partial charge in [0.1, 0.15) is 0 Å². The van der Waals surface area contributed by atoms with Crippen molar-refractivity contribution in [2.24, 2.45) is 0 Å². The Hall–Kier alpha value is -0.180. The maximum Gasteiger partial charge on any atom is 0.212 e. The second kappa shape index (κ2) is 4.17. The van der Waals surface area contributed by atoms with Crippen LogP contribution in [0, 0.1) is 0 Å². The molecule has 6 nitrogen and oxygen atoms in total. The predicted molar refractivity (Wildman–Crippen MR) is 45.7 cm³/mol. The Balaban J connectivity index is 4.20. The highest BCUT2D eigenvalue weighted by Gasteiger charge is 2.13. The summed E-state index contributed by atoms with van der Waals surface area (Å²) < 4.78 is 47.1. The van der Waals surface area contributed by atoms with Crippen molar-refractivity contribution in [1.29, 1.82) is 0 Å². The number of nitrogens with one attached hydrogen (secondary N) is 2. The van der Waals surface area contributed by atoms with Gasteiger partial charge in [-0.15, -0.1) is 0 Å². The van der Waals surface area contributed by atoms with E-state index in [0.29, 0.717) is 0 Å². The highest BCUT2D eigenvalue weighted by Crippen LogP contribution is 1.87. The molecule has 0 fully saturated rings. The molecule has 0 bridgehead atoms. The second-order valence-corrected chi connectivity index (χ2v) is 6.14. The van der Waals surface area contributed by atoms with E-state index in [1.807, 2.05) is 9.44 Å². The van der Waals surface area contributed by atoms with Crippen LogP contribution in [0.15, 0.2) is 0 Å². The van der Waals surface area contributed by atoms with Crippen molar-refractivity contribution in [3.63, 3.8) is 0 Å². The third-order valence-electron chi connectivity index (χ3n) is 1.24. The molecule has 0 aromatic rings. The van der Waals surface area contributed by atoms with Gasteiger partial charge in [-0.3, -0.25) is 0 Å². The van der Waals surface area contributed by atoms with Crippen LogP contribution >= 0.6 is 0 Å². The first-order chi connectivity index (χ1) is 5.33. The minimum absolute atomic E-state index is 0.424. The highest BCUT2D eigenvalue weighted by molar-refractivity contribution is 7.93. The van der Waals surface area contributed by atoms with Gasteiger partial charge in [0.25, 0.3) is 0 Å². The van der Waals surface area contributed by atoms with Crippen LogP contribution in [0.5, 0.6) is 0 Å². The molecule has 0 aliphatic heterocycles. The summed E-state index contributed by atoms with van der Waals surface area (Å²) in [5.74, 6) is -0.848. The van der Waals surface area contributed by atoms with Crippen molar-refractivity contribution in [2.75, 3.05) is 25.6 Å². The Morgan fingerprint density at radius 2 is 1.08 bits per heavy atom. The summed E-state index contributed by atoms with van der Waals surface area (Å²) in [6.45, 7) is 0. The topological polar surface area (TPSA) is 92.3 Å². The third-order valence-corrected chi connectivity index (χ3v) is 4.23. The van der Waals surface area contributed by atoms with E-state index >= 15 is 0 Å². The molecule has 0 amide bonds. The first kappa shape index (κ1) is 11.8. The van der Waals surface area contributed by atoms with E-state index in [0.717, 1.165) is 0 Å². The summed E-state index contributed by atoms with van der Waals surface area (Å²) >= 11 is 0. The molecule has 0 aromatic carbocycles. The van der Waals surface area contributed by atoms with E-state index < -0.39 is 31.6 Å². The number of hydrogen-bond donors (Lipinski definition) is 2. The fourth-order valence-electron chi connectivity index (χ4n) is 0.424. The quantitative estimate of drug-likeness (QED) is 0.560. The molecular weight excluding hydrogens is 204 g/mol. The summed E-state index contributed by atoms with van der Waals surface area (Å²) in [5, 5.41) is 0. The summed E-state index contributed by atoms with van der Waals surface area (Å²) in [5.41, 5.74) is 0. The van der Waals surface area contributed by atoms with Crippen LogP contribution in [0.2, 0.25) is 0 Å². The fourth-order valence-corrected chi connectivity index (χ4v) is 2.59. The molecule has 0 aliphatic carbocycles. The van der Waals surface area contributed by atoms with Gasteiger partial charge in [-0.25, -0.2) is 26.3 Å². The zero-order valence-corrected chi connectivity index (χ0v) is 8.50. The van der Waals surface area contributed by atoms with E-state index in [4.69, 9.17) is 0 Å². The lowest BCUT2D eigenvalue weighted by molar-refractivity contribution is 0.579. The van der Waals surface area contributed by atoms with Crippen LogP contribution in [-0.4, -0.2) is 42.4 Å². The maximum absolute atomic E-state index is 10.8. The average molecular weight is 216 g/mol. The lowest BCUT2D eigenvalue weighted by Gasteiger charge is -2.02. The zero-order chi connectivity index (χ0) is 9.83. The largest absolute Gasteiger partial charge is 0.218 e. The standard InChI is InChI=1S/C4H12N2O4S2/c1-5-11(7,8)3-4-12(9,10)6-2/h5-6H,3-4H2,1-2H3. The minimum Gasteiger partial charge on any atom is -0.218 e. The highest BCUT2D eigenvalue weighted by atomic mass is 32.2. The lowest BCUT2D eigenvalue weighted by atomic mass is 11.0. The summed E-state index contributed by atoms with van der Waals surface area (Å²) in [6.07, 6.45) is 0. The number of sulfonamides is 2. The van der Waals surface area contributed by atoms with Crippen molar-refractivity contribution in [1.82, 2.24) is 9.44 Å². The summed E-state index contributed by atoms with van der Waals surface area (Å²) in [6, 6.07) is 0. The Morgan fingerprint density at radius 3 is 1.25 bits per heavy atom. The Morgan fingerprint density at radius 1 is 0.833 bits per heavy atom. The van der Waals surface area contributed by atoms with Gasteiger partial charge in [0.2, 0.25) is 20.0 Å². The molecule has 0 radical (unpaired) electrons. The third kappa shape index (κ3) is 4.65. The molecule has 0 saturated carbocycles. The van der Waals surface area contributed by atoms with Gasteiger partial charge < -0.3 is 0 Å². The molecule has 0 heterocycles. The molecule has 2 N–H and O–H groups in total. The van der Waals surface area contributed by atoms with Crippen molar-refractivity contribution in [3.8, 4) is 0 Å². The van der Waals surface area contributed by atoms with Gasteiger partial charge in [0.05, 0.1) is 11.5 Å². The van der Waals surface area contributed by atoms with Crippen molar-refractivity contribution < 1.29 is 16.8 Å². The zero-order valence-electron chi connectivity index (χ0n) is 6.86. The van der Waals surface area contributed by atoms with Crippen LogP contribution in [0.1, 0.15) is 0 Å². The Labute approximate surface area is 72.5 Å². The number of hydrogen-bond acceptors (Lipinski definition) is 4. The molecule has 0 rings (SSSR count). The van der Waals surface area contributed by atoms with Gasteiger partial charge in [-0.05, 0) is 14.1 Å². The number of rotatable bonds is 5. The molecule has 0 aliphatic rings. The molecule has 0 saturated heterocycles. The molecule has 0 spiro atoms.